The first-order valence-electron chi connectivity index (χ1n) is 5.71. The van der Waals surface area contributed by atoms with Crippen molar-refractivity contribution in [2.45, 2.75) is 16.7 Å². The Kier molecular flexibility index (Phi) is 4.60. The molecule has 0 spiro atoms. The maximum atomic E-state index is 6.60. The molecule has 0 bridgehead atoms. The second kappa shape index (κ2) is 6.01. The molecule has 0 nitrogen and oxygen atoms in total. The lowest BCUT2D eigenvalue weighted by Crippen LogP contribution is -2.16. The van der Waals surface area contributed by atoms with Gasteiger partial charge in [-0.1, -0.05) is 41.9 Å². The molecule has 2 rings (SSSR count). The predicted octanol–water partition coefficient (Wildman–Crippen LogP) is 5.59. The Hall–Kier alpha value is -0.630. The number of hydrogen-bond donors (Lipinski definition) is 0. The summed E-state index contributed by atoms with van der Waals surface area (Å²) in [6, 6.07) is 18.0. The van der Waals surface area contributed by atoms with Gasteiger partial charge in [0.1, 0.15) is 0 Å². The molecule has 0 fully saturated rings. The smallest absolute Gasteiger partial charge is 0.0760 e. The number of hydrogen-bond acceptors (Lipinski definition) is 1. The monoisotopic (exact) mass is 296 g/mol. The third-order valence-electron chi connectivity index (χ3n) is 2.70. The molecule has 0 radical (unpaired) electrons. The summed E-state index contributed by atoms with van der Waals surface area (Å²) in [5.74, 6) is 0.820. The number of benzene rings is 2. The standard InChI is InChI=1S/C15H14Cl2S/c1-15(17,12-5-3-2-4-6-12)11-18-14-9-7-13(16)8-10-14/h2-10H,11H2,1H3. The van der Waals surface area contributed by atoms with Crippen LogP contribution in [0.2, 0.25) is 5.02 Å². The fourth-order valence-electron chi connectivity index (χ4n) is 1.62. The molecule has 0 heterocycles. The molecule has 0 aliphatic heterocycles. The van der Waals surface area contributed by atoms with Crippen molar-refractivity contribution in [1.29, 1.82) is 0 Å². The van der Waals surface area contributed by atoms with Crippen LogP contribution in [0, 0.1) is 0 Å². The minimum absolute atomic E-state index is 0.356. The zero-order valence-electron chi connectivity index (χ0n) is 10.1. The van der Waals surface area contributed by atoms with Crippen molar-refractivity contribution in [3.63, 3.8) is 0 Å². The first kappa shape index (κ1) is 13.8. The average molecular weight is 297 g/mol. The van der Waals surface area contributed by atoms with E-state index in [1.165, 1.54) is 4.90 Å². The maximum absolute atomic E-state index is 6.60. The summed E-state index contributed by atoms with van der Waals surface area (Å²) < 4.78 is 0. The van der Waals surface area contributed by atoms with Gasteiger partial charge in [0.2, 0.25) is 0 Å². The van der Waals surface area contributed by atoms with Crippen LogP contribution in [0.4, 0.5) is 0 Å². The minimum atomic E-state index is -0.356. The first-order chi connectivity index (χ1) is 8.58. The van der Waals surface area contributed by atoms with E-state index >= 15 is 0 Å². The fourth-order valence-corrected chi connectivity index (χ4v) is 2.97. The van der Waals surface area contributed by atoms with Gasteiger partial charge in [-0.2, -0.15) is 0 Å². The summed E-state index contributed by atoms with van der Waals surface area (Å²) in [4.78, 5) is 0.827. The summed E-state index contributed by atoms with van der Waals surface area (Å²) >= 11 is 14.2. The van der Waals surface area contributed by atoms with E-state index in [4.69, 9.17) is 23.2 Å². The summed E-state index contributed by atoms with van der Waals surface area (Å²) in [7, 11) is 0. The highest BCUT2D eigenvalue weighted by Gasteiger charge is 2.23. The van der Waals surface area contributed by atoms with Gasteiger partial charge < -0.3 is 0 Å². The number of thioether (sulfide) groups is 1. The maximum Gasteiger partial charge on any atom is 0.0760 e. The van der Waals surface area contributed by atoms with Crippen molar-refractivity contribution in [3.05, 3.63) is 65.2 Å². The topological polar surface area (TPSA) is 0 Å². The van der Waals surface area contributed by atoms with Gasteiger partial charge in [0.05, 0.1) is 4.87 Å². The molecule has 94 valence electrons. The molecular formula is C15H14Cl2S. The largest absolute Gasteiger partial charge is 0.124 e. The molecule has 0 amide bonds. The van der Waals surface area contributed by atoms with Gasteiger partial charge in [-0.15, -0.1) is 23.4 Å². The molecule has 0 N–H and O–H groups in total. The van der Waals surface area contributed by atoms with Crippen LogP contribution in [-0.4, -0.2) is 5.75 Å². The molecular weight excluding hydrogens is 283 g/mol. The number of alkyl halides is 1. The molecule has 18 heavy (non-hydrogen) atoms. The summed E-state index contributed by atoms with van der Waals surface area (Å²) in [6.45, 7) is 2.05. The van der Waals surface area contributed by atoms with Crippen LogP contribution in [0.3, 0.4) is 0 Å². The molecule has 1 atom stereocenters. The van der Waals surface area contributed by atoms with Crippen LogP contribution in [0.5, 0.6) is 0 Å². The van der Waals surface area contributed by atoms with E-state index < -0.39 is 0 Å². The summed E-state index contributed by atoms with van der Waals surface area (Å²) in [5, 5.41) is 0.760. The van der Waals surface area contributed by atoms with Crippen molar-refractivity contribution in [2.24, 2.45) is 0 Å². The van der Waals surface area contributed by atoms with Gasteiger partial charge >= 0.3 is 0 Å². The second-order valence-electron chi connectivity index (χ2n) is 4.31. The molecule has 0 aromatic heterocycles. The average Bonchev–Trinajstić information content (AvgIpc) is 2.39. The van der Waals surface area contributed by atoms with Crippen molar-refractivity contribution in [3.8, 4) is 0 Å². The molecule has 2 aromatic rings. The third kappa shape index (κ3) is 3.68. The van der Waals surface area contributed by atoms with Crippen molar-refractivity contribution in [2.75, 3.05) is 5.75 Å². The van der Waals surface area contributed by atoms with Gasteiger partial charge in [-0.05, 0) is 36.8 Å². The molecule has 2 aromatic carbocycles. The van der Waals surface area contributed by atoms with Crippen LogP contribution in [-0.2, 0) is 4.87 Å². The van der Waals surface area contributed by atoms with Crippen LogP contribution in [0.25, 0.3) is 0 Å². The Morgan fingerprint density at radius 3 is 2.22 bits per heavy atom. The van der Waals surface area contributed by atoms with E-state index in [0.29, 0.717) is 0 Å². The molecule has 0 aliphatic rings. The lowest BCUT2D eigenvalue weighted by Gasteiger charge is -2.22. The Morgan fingerprint density at radius 1 is 1.00 bits per heavy atom. The highest BCUT2D eigenvalue weighted by Crippen LogP contribution is 2.35. The van der Waals surface area contributed by atoms with Crippen molar-refractivity contribution in [1.82, 2.24) is 0 Å². The van der Waals surface area contributed by atoms with E-state index in [0.717, 1.165) is 16.3 Å². The minimum Gasteiger partial charge on any atom is -0.124 e. The van der Waals surface area contributed by atoms with Crippen LogP contribution >= 0.6 is 35.0 Å². The Labute approximate surface area is 122 Å². The van der Waals surface area contributed by atoms with Crippen LogP contribution in [0.1, 0.15) is 12.5 Å². The fraction of sp³-hybridized carbons (Fsp3) is 0.200. The quantitative estimate of drug-likeness (QED) is 0.524. The molecule has 0 saturated heterocycles. The van der Waals surface area contributed by atoms with Gasteiger partial charge in [0, 0.05) is 15.7 Å². The molecule has 1 unspecified atom stereocenters. The summed E-state index contributed by atoms with van der Waals surface area (Å²) in [6.07, 6.45) is 0. The van der Waals surface area contributed by atoms with E-state index in [1.807, 2.05) is 49.4 Å². The van der Waals surface area contributed by atoms with E-state index in [1.54, 1.807) is 11.8 Å². The van der Waals surface area contributed by atoms with E-state index in [-0.39, 0.29) is 4.87 Å². The SMILES string of the molecule is CC(Cl)(CSc1ccc(Cl)cc1)c1ccccc1. The van der Waals surface area contributed by atoms with Crippen LogP contribution < -0.4 is 0 Å². The van der Waals surface area contributed by atoms with E-state index in [2.05, 4.69) is 12.1 Å². The van der Waals surface area contributed by atoms with E-state index in [9.17, 15) is 0 Å². The highest BCUT2D eigenvalue weighted by molar-refractivity contribution is 7.99. The predicted molar refractivity (Wildman–Crippen MR) is 81.8 cm³/mol. The van der Waals surface area contributed by atoms with Crippen molar-refractivity contribution >= 4 is 35.0 Å². The van der Waals surface area contributed by atoms with Gasteiger partial charge in [0.15, 0.2) is 0 Å². The highest BCUT2D eigenvalue weighted by atomic mass is 35.5. The Balaban J connectivity index is 2.03. The Bertz CT molecular complexity index is 492. The van der Waals surface area contributed by atoms with Crippen LogP contribution in [0.15, 0.2) is 59.5 Å². The first-order valence-corrected chi connectivity index (χ1v) is 7.45. The summed E-state index contributed by atoms with van der Waals surface area (Å²) in [5.41, 5.74) is 1.15. The molecule has 3 heteroatoms. The normalized spacial score (nSPS) is 14.2. The third-order valence-corrected chi connectivity index (χ3v) is 4.79. The lowest BCUT2D eigenvalue weighted by molar-refractivity contribution is 0.780. The van der Waals surface area contributed by atoms with Gasteiger partial charge in [-0.3, -0.25) is 0 Å². The second-order valence-corrected chi connectivity index (χ2v) is 6.63. The van der Waals surface area contributed by atoms with Crippen molar-refractivity contribution < 1.29 is 0 Å². The number of halogens is 2. The molecule has 0 aliphatic carbocycles. The zero-order chi connectivity index (χ0) is 13.0. The number of rotatable bonds is 4. The molecule has 0 saturated carbocycles. The van der Waals surface area contributed by atoms with Gasteiger partial charge in [0.25, 0.3) is 0 Å². The Morgan fingerprint density at radius 2 is 1.61 bits per heavy atom. The lowest BCUT2D eigenvalue weighted by atomic mass is 10.0. The zero-order valence-corrected chi connectivity index (χ0v) is 12.4. The van der Waals surface area contributed by atoms with Gasteiger partial charge in [-0.25, -0.2) is 0 Å².